The maximum atomic E-state index is 13.2. The van der Waals surface area contributed by atoms with Gasteiger partial charge in [0, 0.05) is 53.6 Å². The number of carbonyl (C=O) groups is 7. The van der Waals surface area contributed by atoms with Crippen molar-refractivity contribution in [2.75, 3.05) is 60.0 Å². The van der Waals surface area contributed by atoms with E-state index in [9.17, 15) is 146 Å². The standard InChI is InChI=1S/C63H104N4O44/c1-20(73)64-34-24(77)11-62(60(93)94,110-51(34)38(82)26(79)13-68)99-18-31-40(84)45(89)47(91)57(104-31)106-49-29(16-71)102-55(36(43(49)87)66-22(3)75)108-53-42(86)28(15-70)101-59(98-10-8-6-7-9-33(81)97-5)54(53)109-56-37(67-23(4)76)44(88)50(30(17-72)103-56)107-58-48(92)46(90)41(85)32(105-58)19-100-63(61(95)96)12-25(78)35(65-21(2)74)52(111-63)39(83)27(80)14-69/h24-32,34-59,68-72,77-80,82-92H,6-19H2,1-5H3,(H,64,73)(H,65,74)(H,66,75)(H,67,76)(H,93,94)(H,95,96)/t24-,25-,26+,27+,28+,29+,30+,31+,32+,34+,35+,36+,37+,38+,39+,40-,41-,42-,43+,44+,45-,46-,47+,48+,49+,50+,51+,52+,53-,54+,55-,56-,57-,58-,59+,62+,63+/m0/s1. The zero-order chi connectivity index (χ0) is 82.6. The number of carboxylic acids is 2. The van der Waals surface area contributed by atoms with E-state index < -0.39 is 327 Å². The predicted molar refractivity (Wildman–Crippen MR) is 347 cm³/mol. The van der Waals surface area contributed by atoms with Crippen LogP contribution in [0.4, 0.5) is 0 Å². The lowest BCUT2D eigenvalue weighted by atomic mass is 9.88. The van der Waals surface area contributed by atoms with Crippen molar-refractivity contribution in [3.63, 3.8) is 0 Å². The van der Waals surface area contributed by atoms with Crippen LogP contribution in [0.5, 0.6) is 0 Å². The third-order valence-electron chi connectivity index (χ3n) is 19.6. The van der Waals surface area contributed by atoms with E-state index in [4.69, 9.17) is 71.1 Å². The first-order valence-electron chi connectivity index (χ1n) is 35.3. The van der Waals surface area contributed by atoms with E-state index >= 15 is 0 Å². The summed E-state index contributed by atoms with van der Waals surface area (Å²) in [7, 11) is 1.17. The molecular formula is C63H104N4O44. The fraction of sp³-hybridized carbons (Fsp3) is 0.889. The minimum absolute atomic E-state index is 0.0253. The molecule has 7 heterocycles. The number of rotatable bonds is 36. The number of aliphatic carboxylic acids is 2. The summed E-state index contributed by atoms with van der Waals surface area (Å²) < 4.78 is 87.9. The van der Waals surface area contributed by atoms with Gasteiger partial charge in [-0.15, -0.1) is 0 Å². The van der Waals surface area contributed by atoms with Crippen LogP contribution in [0.1, 0.15) is 66.2 Å². The van der Waals surface area contributed by atoms with Gasteiger partial charge in [0.2, 0.25) is 23.6 Å². The lowest BCUT2D eigenvalue weighted by molar-refractivity contribution is -0.392. The molecule has 0 aromatic carbocycles. The number of methoxy groups -OCH3 is 1. The van der Waals surface area contributed by atoms with Crippen LogP contribution in [0.15, 0.2) is 0 Å². The van der Waals surface area contributed by atoms with E-state index in [0.29, 0.717) is 0 Å². The van der Waals surface area contributed by atoms with E-state index in [2.05, 4.69) is 21.3 Å². The molecule has 0 unspecified atom stereocenters. The minimum atomic E-state index is -3.06. The number of amides is 4. The van der Waals surface area contributed by atoms with Gasteiger partial charge in [-0.25, -0.2) is 9.59 Å². The molecule has 7 aliphatic rings. The van der Waals surface area contributed by atoms with E-state index in [1.165, 1.54) is 7.11 Å². The van der Waals surface area contributed by atoms with E-state index in [-0.39, 0.29) is 32.3 Å². The number of carbonyl (C=O) groups excluding carboxylic acids is 5. The van der Waals surface area contributed by atoms with Crippen LogP contribution in [0.2, 0.25) is 0 Å². The Labute approximate surface area is 630 Å². The first kappa shape index (κ1) is 93.1. The van der Waals surface area contributed by atoms with Gasteiger partial charge in [0.1, 0.15) is 159 Å². The molecule has 7 rings (SSSR count). The number of esters is 1. The Bertz CT molecular complexity index is 3010. The molecule has 0 radical (unpaired) electrons. The lowest BCUT2D eigenvalue weighted by Gasteiger charge is -2.51. The zero-order valence-corrected chi connectivity index (χ0v) is 60.4. The van der Waals surface area contributed by atoms with Gasteiger partial charge < -0.3 is 205 Å². The topological polar surface area (TPSA) is 751 Å². The summed E-state index contributed by atoms with van der Waals surface area (Å²) in [5.41, 5.74) is 0. The summed E-state index contributed by atoms with van der Waals surface area (Å²) in [4.78, 5) is 88.4. The van der Waals surface area contributed by atoms with Crippen molar-refractivity contribution in [1.29, 1.82) is 0 Å². The highest BCUT2D eigenvalue weighted by molar-refractivity contribution is 5.78. The average molecular weight is 1620 g/mol. The van der Waals surface area contributed by atoms with Crippen LogP contribution < -0.4 is 21.3 Å². The quantitative estimate of drug-likeness (QED) is 0.0205. The van der Waals surface area contributed by atoms with Crippen molar-refractivity contribution >= 4 is 41.5 Å². The molecule has 0 spiro atoms. The maximum absolute atomic E-state index is 13.2. The van der Waals surface area contributed by atoms with Crippen molar-refractivity contribution in [3.05, 3.63) is 0 Å². The smallest absolute Gasteiger partial charge is 0.364 e. The van der Waals surface area contributed by atoms with Crippen molar-refractivity contribution < 1.29 is 217 Å². The SMILES string of the molecule is COC(=O)CCCCCO[C@@H]1O[C@H](CO)[C@H](O)[C@H](O[C@@H]2O[C@H](CO)[C@@H](O[C@@H]3O[C@H](CO[C@]4(C(=O)O)C[C@H](O)[C@@H](NC(C)=O)[C@H]([C@H](O)[C@H](O)CO)O4)[C@H](O)[C@H](O)[C@H]3O)[C@H](O)[C@H]2NC(C)=O)[C@H]1O[C@@H]1O[C@H](CO)[C@@H](O[C@@H]2O[C@H](CO[C@]3(C(=O)O)C[C@H](O)[C@@H](NC(C)=O)[C@H]([C@H](O)[C@H](O)CO)O3)[C@H](O)[C@H](O)[C@H]2O)[C@H](O)[C@H]1NC(C)=O. The van der Waals surface area contributed by atoms with E-state index in [0.717, 1.165) is 27.7 Å². The van der Waals surface area contributed by atoms with Gasteiger partial charge in [0.15, 0.2) is 31.5 Å². The molecule has 640 valence electrons. The molecule has 0 aromatic heterocycles. The molecule has 0 aliphatic carbocycles. The molecule has 48 nitrogen and oxygen atoms in total. The van der Waals surface area contributed by atoms with Crippen LogP contribution in [-0.2, 0) is 105 Å². The monoisotopic (exact) mass is 1620 g/mol. The number of carboxylic acid groups (broad SMARTS) is 2. The first-order valence-corrected chi connectivity index (χ1v) is 35.3. The average Bonchev–Trinajstić information content (AvgIpc) is 0.758. The number of hydrogen-bond acceptors (Lipinski definition) is 42. The van der Waals surface area contributed by atoms with Crippen molar-refractivity contribution in [2.45, 2.75) is 292 Å². The molecule has 7 aliphatic heterocycles. The van der Waals surface area contributed by atoms with E-state index in [1.54, 1.807) is 0 Å². The Morgan fingerprint density at radius 3 is 1.14 bits per heavy atom. The third kappa shape index (κ3) is 22.2. The largest absolute Gasteiger partial charge is 0.477 e. The Morgan fingerprint density at radius 1 is 0.414 bits per heavy atom. The van der Waals surface area contributed by atoms with Crippen LogP contribution >= 0.6 is 0 Å². The lowest BCUT2D eigenvalue weighted by Crippen LogP contribution is -2.71. The normalized spacial score (nSPS) is 41.9. The molecule has 7 saturated heterocycles. The molecular weight excluding hydrogens is 1520 g/mol. The summed E-state index contributed by atoms with van der Waals surface area (Å²) in [6, 6.07) is -7.25. The number of hydrogen-bond donors (Lipinski definition) is 26. The molecule has 111 heavy (non-hydrogen) atoms. The molecule has 48 heteroatoms. The third-order valence-corrected chi connectivity index (χ3v) is 19.6. The molecule has 26 N–H and O–H groups in total. The van der Waals surface area contributed by atoms with Gasteiger partial charge in [-0.2, -0.15) is 0 Å². The Hall–Kier alpha value is -5.07. The molecule has 7 fully saturated rings. The van der Waals surface area contributed by atoms with Crippen LogP contribution in [0.3, 0.4) is 0 Å². The summed E-state index contributed by atoms with van der Waals surface area (Å²) in [6.07, 6.45) is -67.2. The second-order valence-corrected chi connectivity index (χ2v) is 27.7. The van der Waals surface area contributed by atoms with Crippen molar-refractivity contribution in [2.24, 2.45) is 0 Å². The van der Waals surface area contributed by atoms with Gasteiger partial charge in [-0.1, -0.05) is 6.42 Å². The van der Waals surface area contributed by atoms with Gasteiger partial charge in [0.25, 0.3) is 11.6 Å². The summed E-state index contributed by atoms with van der Waals surface area (Å²) in [6.45, 7) is -4.57. The van der Waals surface area contributed by atoms with Crippen molar-refractivity contribution in [3.8, 4) is 0 Å². The number of ether oxygens (including phenoxy) is 15. The number of nitrogens with one attached hydrogen (secondary N) is 4. The summed E-state index contributed by atoms with van der Waals surface area (Å²) >= 11 is 0. The van der Waals surface area contributed by atoms with Crippen LogP contribution in [0, 0.1) is 0 Å². The maximum Gasteiger partial charge on any atom is 0.364 e. The van der Waals surface area contributed by atoms with E-state index in [1.807, 2.05) is 0 Å². The highest BCUT2D eigenvalue weighted by atomic mass is 16.8. The van der Waals surface area contributed by atoms with Crippen LogP contribution in [0.25, 0.3) is 0 Å². The van der Waals surface area contributed by atoms with Crippen LogP contribution in [-0.4, -0.2) is 440 Å². The van der Waals surface area contributed by atoms with Gasteiger partial charge in [-0.05, 0) is 12.8 Å². The Balaban J connectivity index is 1.16. The minimum Gasteiger partial charge on any atom is -0.477 e. The molecule has 37 atom stereocenters. The summed E-state index contributed by atoms with van der Waals surface area (Å²) in [5, 5.41) is 251. The Morgan fingerprint density at radius 2 is 0.775 bits per heavy atom. The van der Waals surface area contributed by atoms with Gasteiger partial charge in [-0.3, -0.25) is 24.0 Å². The summed E-state index contributed by atoms with van der Waals surface area (Å²) in [5.74, 6) is -14.3. The molecule has 0 saturated carbocycles. The fourth-order valence-corrected chi connectivity index (χ4v) is 13.7. The first-order chi connectivity index (χ1) is 52.3. The van der Waals surface area contributed by atoms with Gasteiger partial charge in [0.05, 0.1) is 77.6 Å². The number of aliphatic hydroxyl groups is 20. The predicted octanol–water partition coefficient (Wildman–Crippen LogP) is -15.5. The fourth-order valence-electron chi connectivity index (χ4n) is 13.7. The molecule has 0 bridgehead atoms. The highest BCUT2D eigenvalue weighted by Crippen LogP contribution is 2.41. The number of unbranched alkanes of at least 4 members (excludes halogenated alkanes) is 2. The van der Waals surface area contributed by atoms with Crippen molar-refractivity contribution in [1.82, 2.24) is 21.3 Å². The Kier molecular flexibility index (Phi) is 34.5. The molecule has 4 amide bonds. The highest BCUT2D eigenvalue weighted by Gasteiger charge is 2.62. The second-order valence-electron chi connectivity index (χ2n) is 27.7. The number of aliphatic hydroxyl groups excluding tert-OH is 20. The zero-order valence-electron chi connectivity index (χ0n) is 60.4. The molecule has 0 aromatic rings. The second kappa shape index (κ2) is 41.2. The van der Waals surface area contributed by atoms with Gasteiger partial charge >= 0.3 is 17.9 Å².